The van der Waals surface area contributed by atoms with Gasteiger partial charge in [-0.2, -0.15) is 0 Å². The smallest absolute Gasteiger partial charge is 0.249 e. The lowest BCUT2D eigenvalue weighted by Crippen LogP contribution is -2.14. The molecule has 0 aliphatic heterocycles. The molecule has 5 heteroatoms. The summed E-state index contributed by atoms with van der Waals surface area (Å²) in [4.78, 5) is 19.9. The summed E-state index contributed by atoms with van der Waals surface area (Å²) in [6.45, 7) is 0. The number of primary amides is 1. The maximum absolute atomic E-state index is 11.4. The monoisotopic (exact) mass is 297 g/mol. The molecule has 0 spiro atoms. The topological polar surface area (TPSA) is 68.9 Å². The Morgan fingerprint density at radius 2 is 2.05 bits per heavy atom. The first-order valence-corrected chi connectivity index (χ1v) is 6.78. The van der Waals surface area contributed by atoms with Gasteiger partial charge >= 0.3 is 0 Å². The lowest BCUT2D eigenvalue weighted by molar-refractivity contribution is 0.0999. The highest BCUT2D eigenvalue weighted by molar-refractivity contribution is 6.31. The number of benzene rings is 1. The highest BCUT2D eigenvalue weighted by Gasteiger charge is 2.09. The molecular formula is C16H12ClN3O. The van der Waals surface area contributed by atoms with Crippen LogP contribution in [0.2, 0.25) is 5.02 Å². The van der Waals surface area contributed by atoms with E-state index in [1.54, 1.807) is 24.7 Å². The largest absolute Gasteiger partial charge is 0.366 e. The molecule has 0 saturated carbocycles. The van der Waals surface area contributed by atoms with E-state index in [0.29, 0.717) is 17.0 Å². The Balaban J connectivity index is 2.00. The van der Waals surface area contributed by atoms with E-state index in [1.165, 1.54) is 0 Å². The normalized spacial score (nSPS) is 10.7. The summed E-state index contributed by atoms with van der Waals surface area (Å²) in [5.41, 5.74) is 8.50. The number of amides is 1. The number of carbonyl (C=O) groups is 1. The maximum Gasteiger partial charge on any atom is 0.249 e. The summed E-state index contributed by atoms with van der Waals surface area (Å²) in [5, 5.41) is 1.63. The SMILES string of the molecule is NC(=O)c1ccncc1Cc1cnc2ccc(Cl)cc2c1. The van der Waals surface area contributed by atoms with Crippen LogP contribution in [0.15, 0.2) is 48.9 Å². The van der Waals surface area contributed by atoms with Crippen LogP contribution in [-0.4, -0.2) is 15.9 Å². The molecule has 0 atom stereocenters. The van der Waals surface area contributed by atoms with E-state index in [1.807, 2.05) is 24.3 Å². The lowest BCUT2D eigenvalue weighted by Gasteiger charge is -2.07. The van der Waals surface area contributed by atoms with Gasteiger partial charge in [-0.15, -0.1) is 0 Å². The quantitative estimate of drug-likeness (QED) is 0.808. The van der Waals surface area contributed by atoms with Crippen LogP contribution in [0, 0.1) is 0 Å². The zero-order chi connectivity index (χ0) is 14.8. The van der Waals surface area contributed by atoms with Gasteiger partial charge < -0.3 is 5.73 Å². The number of carbonyl (C=O) groups excluding carboxylic acids is 1. The molecule has 0 bridgehead atoms. The molecule has 0 saturated heterocycles. The highest BCUT2D eigenvalue weighted by Crippen LogP contribution is 2.20. The van der Waals surface area contributed by atoms with Gasteiger partial charge in [-0.3, -0.25) is 14.8 Å². The van der Waals surface area contributed by atoms with Gasteiger partial charge in [-0.05, 0) is 41.5 Å². The molecule has 0 aliphatic rings. The molecule has 1 aromatic carbocycles. The molecule has 104 valence electrons. The number of pyridine rings is 2. The second kappa shape index (κ2) is 5.50. The van der Waals surface area contributed by atoms with Crippen LogP contribution in [0.3, 0.4) is 0 Å². The second-order valence-corrected chi connectivity index (χ2v) is 5.19. The summed E-state index contributed by atoms with van der Waals surface area (Å²) >= 11 is 6.00. The van der Waals surface area contributed by atoms with Crippen molar-refractivity contribution in [3.63, 3.8) is 0 Å². The van der Waals surface area contributed by atoms with Crippen LogP contribution in [0.5, 0.6) is 0 Å². The Morgan fingerprint density at radius 1 is 1.19 bits per heavy atom. The Bertz CT molecular complexity index is 833. The van der Waals surface area contributed by atoms with Crippen molar-refractivity contribution < 1.29 is 4.79 Å². The second-order valence-electron chi connectivity index (χ2n) is 4.75. The van der Waals surface area contributed by atoms with Crippen LogP contribution in [-0.2, 0) is 6.42 Å². The molecule has 0 aliphatic carbocycles. The zero-order valence-corrected chi connectivity index (χ0v) is 11.8. The van der Waals surface area contributed by atoms with Crippen LogP contribution in [0.1, 0.15) is 21.5 Å². The lowest BCUT2D eigenvalue weighted by atomic mass is 10.0. The number of halogens is 1. The Kier molecular flexibility index (Phi) is 3.54. The van der Waals surface area contributed by atoms with Crippen molar-refractivity contribution in [2.45, 2.75) is 6.42 Å². The highest BCUT2D eigenvalue weighted by atomic mass is 35.5. The predicted octanol–water partition coefficient (Wildman–Crippen LogP) is 2.97. The van der Waals surface area contributed by atoms with E-state index in [9.17, 15) is 4.79 Å². The third-order valence-electron chi connectivity index (χ3n) is 3.26. The van der Waals surface area contributed by atoms with Gasteiger partial charge in [-0.25, -0.2) is 0 Å². The Morgan fingerprint density at radius 3 is 2.86 bits per heavy atom. The molecule has 21 heavy (non-hydrogen) atoms. The van der Waals surface area contributed by atoms with Crippen molar-refractivity contribution in [3.8, 4) is 0 Å². The molecule has 0 fully saturated rings. The molecule has 2 N–H and O–H groups in total. The van der Waals surface area contributed by atoms with Gasteiger partial charge in [-0.1, -0.05) is 11.6 Å². The van der Waals surface area contributed by atoms with E-state index in [4.69, 9.17) is 17.3 Å². The first-order chi connectivity index (χ1) is 10.1. The van der Waals surface area contributed by atoms with E-state index < -0.39 is 5.91 Å². The molecule has 2 heterocycles. The molecule has 2 aromatic heterocycles. The fraction of sp³-hybridized carbons (Fsp3) is 0.0625. The van der Waals surface area contributed by atoms with Crippen LogP contribution in [0.25, 0.3) is 10.9 Å². The van der Waals surface area contributed by atoms with Crippen molar-refractivity contribution in [1.29, 1.82) is 0 Å². The molecule has 4 nitrogen and oxygen atoms in total. The summed E-state index contributed by atoms with van der Waals surface area (Å²) in [7, 11) is 0. The number of nitrogens with zero attached hydrogens (tertiary/aromatic N) is 2. The molecule has 3 rings (SSSR count). The van der Waals surface area contributed by atoms with Crippen molar-refractivity contribution in [3.05, 3.63) is 70.6 Å². The van der Waals surface area contributed by atoms with E-state index in [2.05, 4.69) is 9.97 Å². The number of aromatic nitrogens is 2. The fourth-order valence-corrected chi connectivity index (χ4v) is 2.45. The first kappa shape index (κ1) is 13.5. The molecule has 3 aromatic rings. The summed E-state index contributed by atoms with van der Waals surface area (Å²) < 4.78 is 0. The summed E-state index contributed by atoms with van der Waals surface area (Å²) in [6, 6.07) is 9.18. The van der Waals surface area contributed by atoms with Gasteiger partial charge in [0.1, 0.15) is 0 Å². The summed E-state index contributed by atoms with van der Waals surface area (Å²) in [5.74, 6) is -0.454. The van der Waals surface area contributed by atoms with E-state index >= 15 is 0 Å². The molecular weight excluding hydrogens is 286 g/mol. The average molecular weight is 298 g/mol. The van der Waals surface area contributed by atoms with Gasteiger partial charge in [0.05, 0.1) is 5.52 Å². The number of hydrogen-bond acceptors (Lipinski definition) is 3. The fourth-order valence-electron chi connectivity index (χ4n) is 2.27. The minimum Gasteiger partial charge on any atom is -0.366 e. The Hall–Kier alpha value is -2.46. The number of rotatable bonds is 3. The average Bonchev–Trinajstić information content (AvgIpc) is 2.47. The van der Waals surface area contributed by atoms with Crippen LogP contribution < -0.4 is 5.73 Å². The number of fused-ring (bicyclic) bond motifs is 1. The Labute approximate surface area is 126 Å². The third kappa shape index (κ3) is 2.85. The predicted molar refractivity (Wildman–Crippen MR) is 82.3 cm³/mol. The van der Waals surface area contributed by atoms with E-state index in [0.717, 1.165) is 22.0 Å². The summed E-state index contributed by atoms with van der Waals surface area (Å²) in [6.07, 6.45) is 5.54. The van der Waals surface area contributed by atoms with Crippen LogP contribution in [0.4, 0.5) is 0 Å². The van der Waals surface area contributed by atoms with Gasteiger partial charge in [0.15, 0.2) is 0 Å². The van der Waals surface area contributed by atoms with Gasteiger partial charge in [0.25, 0.3) is 0 Å². The van der Waals surface area contributed by atoms with Gasteiger partial charge in [0.2, 0.25) is 5.91 Å². The maximum atomic E-state index is 11.4. The standard InChI is InChI=1S/C16H12ClN3O/c17-13-1-2-15-11(7-13)5-10(8-20-15)6-12-9-19-4-3-14(12)16(18)21/h1-5,7-9H,6H2,(H2,18,21). The molecule has 0 radical (unpaired) electrons. The molecule has 0 unspecified atom stereocenters. The van der Waals surface area contributed by atoms with Crippen LogP contribution >= 0.6 is 11.6 Å². The first-order valence-electron chi connectivity index (χ1n) is 6.40. The van der Waals surface area contributed by atoms with Crippen molar-refractivity contribution in [1.82, 2.24) is 9.97 Å². The van der Waals surface area contributed by atoms with Crippen molar-refractivity contribution in [2.24, 2.45) is 5.73 Å². The number of nitrogens with two attached hydrogens (primary N) is 1. The van der Waals surface area contributed by atoms with Gasteiger partial charge in [0, 0.05) is 41.0 Å². The zero-order valence-electron chi connectivity index (χ0n) is 11.1. The number of hydrogen-bond donors (Lipinski definition) is 1. The van der Waals surface area contributed by atoms with Crippen molar-refractivity contribution in [2.75, 3.05) is 0 Å². The minimum absolute atomic E-state index is 0.454. The molecule has 1 amide bonds. The van der Waals surface area contributed by atoms with E-state index in [-0.39, 0.29) is 0 Å². The third-order valence-corrected chi connectivity index (χ3v) is 3.50. The minimum atomic E-state index is -0.454. The van der Waals surface area contributed by atoms with Crippen molar-refractivity contribution >= 4 is 28.4 Å².